The number of aromatic hydroxyl groups is 2. The maximum Gasteiger partial charge on any atom is 0.270 e. The Morgan fingerprint density at radius 2 is 1.08 bits per heavy atom. The number of ketones is 2. The Hall–Kier alpha value is -5.21. The summed E-state index contributed by atoms with van der Waals surface area (Å²) in [7, 11) is -2.30. The van der Waals surface area contributed by atoms with Crippen LogP contribution in [0.25, 0.3) is 22.3 Å². The van der Waals surface area contributed by atoms with Crippen molar-refractivity contribution in [3.8, 4) is 33.8 Å². The van der Waals surface area contributed by atoms with Crippen LogP contribution in [0.4, 0.5) is 0 Å². The van der Waals surface area contributed by atoms with Gasteiger partial charge in [-0.2, -0.15) is 15.3 Å². The number of phenolic OH excluding ortho intramolecular Hbond substituents is 2. The van der Waals surface area contributed by atoms with E-state index in [9.17, 15) is 24.6 Å². The van der Waals surface area contributed by atoms with Crippen LogP contribution < -0.4 is 11.1 Å². The van der Waals surface area contributed by atoms with E-state index in [2.05, 4.69) is 59.9 Å². The van der Waals surface area contributed by atoms with Crippen LogP contribution in [-0.4, -0.2) is 98.5 Å². The summed E-state index contributed by atoms with van der Waals surface area (Å²) in [5.41, 5.74) is 15.2. The molecule has 2 atom stereocenters. The van der Waals surface area contributed by atoms with E-state index in [0.29, 0.717) is 60.9 Å². The average Bonchev–Trinajstić information content (AvgIpc) is 4.16. The molecule has 424 valence electrons. The van der Waals surface area contributed by atoms with Crippen LogP contribution in [0, 0.1) is 63.2 Å². The number of amides is 1. The number of nitrogens with zero attached hydrogens (tertiary/aromatic N) is 6. The molecule has 0 aliphatic heterocycles. The Morgan fingerprint density at radius 1 is 0.654 bits per heavy atom. The quantitative estimate of drug-likeness (QED) is 0.0288. The molecule has 4 fully saturated rings. The number of nitrogens with two attached hydrogens (primary N) is 1. The lowest BCUT2D eigenvalue weighted by Crippen LogP contribution is -2.48. The summed E-state index contributed by atoms with van der Waals surface area (Å²) in [5, 5.41) is 38.8. The van der Waals surface area contributed by atoms with Crippen LogP contribution in [0.3, 0.4) is 0 Å². The van der Waals surface area contributed by atoms with Gasteiger partial charge in [0.25, 0.3) is 5.91 Å². The number of carbonyl (C=O) groups is 3. The minimum absolute atomic E-state index is 0.0134. The zero-order valence-electron chi connectivity index (χ0n) is 48.8. The average molecular weight is 1100 g/mol. The Kier molecular flexibility index (Phi) is 18.6. The van der Waals surface area contributed by atoms with Crippen LogP contribution >= 0.6 is 0 Å². The molecule has 0 unspecified atom stereocenters. The van der Waals surface area contributed by atoms with Gasteiger partial charge in [-0.25, -0.2) is 9.36 Å². The van der Waals surface area contributed by atoms with E-state index in [1.807, 2.05) is 75.2 Å². The Morgan fingerprint density at radius 3 is 1.47 bits per heavy atom. The van der Waals surface area contributed by atoms with Gasteiger partial charge >= 0.3 is 0 Å². The highest BCUT2D eigenvalue weighted by Gasteiger charge is 2.49. The fourth-order valence-electron chi connectivity index (χ4n) is 11.5. The molecule has 2 aromatic carbocycles. The molecule has 15 nitrogen and oxygen atoms in total. The summed E-state index contributed by atoms with van der Waals surface area (Å²) in [5.74, 6) is 2.85. The fourth-order valence-corrected chi connectivity index (χ4v) is 13.0. The first-order valence-corrected chi connectivity index (χ1v) is 36.3. The van der Waals surface area contributed by atoms with Gasteiger partial charge in [0.05, 0.1) is 23.5 Å². The third-order valence-electron chi connectivity index (χ3n) is 16.5. The zero-order valence-corrected chi connectivity index (χ0v) is 50.8. The second-order valence-corrected chi connectivity index (χ2v) is 37.3. The highest BCUT2D eigenvalue weighted by Crippen LogP contribution is 2.52. The third-order valence-corrected chi connectivity index (χ3v) is 19.9. The number of aromatic nitrogens is 6. The van der Waals surface area contributed by atoms with Crippen molar-refractivity contribution in [2.75, 3.05) is 13.2 Å². The zero-order chi connectivity index (χ0) is 56.4. The number of benzene rings is 2. The Balaban J connectivity index is 0.000000213. The van der Waals surface area contributed by atoms with E-state index in [-0.39, 0.29) is 59.8 Å². The molecule has 5 aromatic rings. The molecule has 78 heavy (non-hydrogen) atoms. The molecule has 4 saturated carbocycles. The molecule has 3 aromatic heterocycles. The maximum absolute atomic E-state index is 14.0. The lowest BCUT2D eigenvalue weighted by Gasteiger charge is -2.28. The number of carbonyl (C=O) groups excluding carboxylic acids is 3. The van der Waals surface area contributed by atoms with Crippen LogP contribution in [0.1, 0.15) is 116 Å². The van der Waals surface area contributed by atoms with Gasteiger partial charge in [0.1, 0.15) is 30.7 Å². The van der Waals surface area contributed by atoms with Crippen molar-refractivity contribution in [2.24, 2.45) is 41.2 Å². The molecule has 5 N–H and O–H groups in total. The van der Waals surface area contributed by atoms with Crippen molar-refractivity contribution >= 4 is 33.6 Å². The summed E-state index contributed by atoms with van der Waals surface area (Å²) in [4.78, 5) is 40.4. The van der Waals surface area contributed by atoms with Crippen LogP contribution in [-0.2, 0) is 45.4 Å². The summed E-state index contributed by atoms with van der Waals surface area (Å²) in [6.45, 7) is 28.1. The second kappa shape index (κ2) is 24.7. The van der Waals surface area contributed by atoms with E-state index in [1.54, 1.807) is 29.1 Å². The van der Waals surface area contributed by atoms with Crippen molar-refractivity contribution in [3.05, 3.63) is 88.3 Å². The van der Waals surface area contributed by atoms with Gasteiger partial charge in [-0.3, -0.25) is 19.1 Å². The molecule has 4 aliphatic carbocycles. The monoisotopic (exact) mass is 1100 g/mol. The number of hydrogen-bond donors (Lipinski definition) is 4. The van der Waals surface area contributed by atoms with E-state index in [1.165, 1.54) is 25.7 Å². The lowest BCUT2D eigenvalue weighted by atomic mass is 9.84. The van der Waals surface area contributed by atoms with Gasteiger partial charge in [0.15, 0.2) is 11.6 Å². The van der Waals surface area contributed by atoms with Gasteiger partial charge in [-0.15, -0.1) is 0 Å². The third kappa shape index (κ3) is 15.2. The predicted octanol–water partition coefficient (Wildman–Crippen LogP) is 11.4. The number of hydrogen-bond acceptors (Lipinski definition) is 11. The van der Waals surface area contributed by atoms with E-state index in [4.69, 9.17) is 15.2 Å². The van der Waals surface area contributed by atoms with Crippen molar-refractivity contribution in [2.45, 2.75) is 189 Å². The number of aryl methyl sites for hydroxylation is 2. The van der Waals surface area contributed by atoms with Gasteiger partial charge in [0, 0.05) is 88.1 Å². The van der Waals surface area contributed by atoms with Gasteiger partial charge < -0.3 is 30.7 Å². The van der Waals surface area contributed by atoms with Gasteiger partial charge in [-0.1, -0.05) is 63.5 Å². The van der Waals surface area contributed by atoms with Crippen LogP contribution in [0.5, 0.6) is 11.5 Å². The summed E-state index contributed by atoms with van der Waals surface area (Å²) >= 11 is 0. The number of nitrogens with one attached hydrogen (secondary N) is 1. The largest absolute Gasteiger partial charge is 0.507 e. The summed E-state index contributed by atoms with van der Waals surface area (Å²) in [6.07, 6.45) is 11.3. The first-order valence-electron chi connectivity index (χ1n) is 28.9. The molecule has 4 aliphatic rings. The minimum Gasteiger partial charge on any atom is -0.507 e. The van der Waals surface area contributed by atoms with Crippen LogP contribution in [0.2, 0.25) is 51.4 Å². The smallest absolute Gasteiger partial charge is 0.270 e. The van der Waals surface area contributed by atoms with E-state index < -0.39 is 22.2 Å². The first kappa shape index (κ1) is 58.9. The molecule has 0 spiro atoms. The number of phenols is 2. The highest BCUT2D eigenvalue weighted by molar-refractivity contribution is 6.76. The Bertz CT molecular complexity index is 2890. The molecule has 3 heterocycles. The lowest BCUT2D eigenvalue weighted by molar-refractivity contribution is -0.122. The van der Waals surface area contributed by atoms with Gasteiger partial charge in [-0.05, 0) is 170 Å². The predicted molar refractivity (Wildman–Crippen MR) is 313 cm³/mol. The SMILES string of the molecule is Cc1nn(COCC[Si](C)(C)C)c(C)c1-c1ccc(CC(=O)[C@@H](N)C(C2CC2)C2CC2)cc1O.Cc1nn(COCC[Si](C)(C)C)c(C)c1-c1ccc(CC(=O)[C@@H](NC(=O)c2ccnn2C(C)C)C(C2CC2)C2CC2)cc1O. The van der Waals surface area contributed by atoms with Gasteiger partial charge in [0.2, 0.25) is 0 Å². The van der Waals surface area contributed by atoms with Crippen molar-refractivity contribution < 1.29 is 34.1 Å². The molecule has 1 amide bonds. The maximum atomic E-state index is 14.0. The van der Waals surface area contributed by atoms with Crippen molar-refractivity contribution in [1.82, 2.24) is 34.7 Å². The van der Waals surface area contributed by atoms with Crippen molar-refractivity contribution in [3.63, 3.8) is 0 Å². The van der Waals surface area contributed by atoms with Crippen LogP contribution in [0.15, 0.2) is 48.7 Å². The molecule has 9 rings (SSSR count). The fraction of sp³-hybridized carbons (Fsp3) is 0.607. The van der Waals surface area contributed by atoms with E-state index >= 15 is 0 Å². The second-order valence-electron chi connectivity index (χ2n) is 26.0. The molecule has 0 saturated heterocycles. The summed E-state index contributed by atoms with van der Waals surface area (Å²) < 4.78 is 17.2. The number of Topliss-reactive ketones (excluding diaryl/α,β-unsaturated/α-hetero) is 2. The molecule has 0 bridgehead atoms. The molecule has 0 radical (unpaired) electrons. The first-order chi connectivity index (χ1) is 36.9. The topological polar surface area (TPSA) is 202 Å². The molecular formula is C61H90N8O7Si2. The minimum atomic E-state index is -1.17. The summed E-state index contributed by atoms with van der Waals surface area (Å²) in [6, 6.07) is 14.0. The molecule has 17 heteroatoms. The standard InChI is InChI=1S/C34H49N5O4Si.C27H41N3O3Si/c1-21(2)39-28(14-15-35-39)34(42)36-33(32(25-9-10-25)26-11-12-26)30(41)19-24-8-13-27(29(40)18-24)31-22(3)37-38(23(31)4)20-43-16-17-44(5,6)7;1-17-25(18(2)30(29-17)16-33-12-13-34(3,4)5)22-11-6-19(14-23(22)31)15-24(32)27(28)26(20-7-8-20)21-9-10-21/h8,13-15,18,21,25-26,32-33,40H,9-12,16-17,19-20H2,1-7H3,(H,36,42);6,11,14,20-21,26-27,31H,7-10,12-13,15-16,28H2,1-5H3/t33-;27-/m11/s1. The van der Waals surface area contributed by atoms with E-state index in [0.717, 1.165) is 95.0 Å². The highest BCUT2D eigenvalue weighted by atomic mass is 28.3. The number of rotatable bonds is 27. The Labute approximate surface area is 465 Å². The van der Waals surface area contributed by atoms with Crippen molar-refractivity contribution in [1.29, 1.82) is 0 Å². The number of ether oxygens (including phenoxy) is 2. The normalized spacial score (nSPS) is 16.7. The molecular weight excluding hydrogens is 1010 g/mol.